The van der Waals surface area contributed by atoms with E-state index >= 15 is 0 Å². The highest BCUT2D eigenvalue weighted by Gasteiger charge is 2.32. The molecule has 6 rings (SSSR count). The van der Waals surface area contributed by atoms with E-state index in [-0.39, 0.29) is 5.92 Å². The Labute approximate surface area is 195 Å². The Morgan fingerprint density at radius 3 is 2.58 bits per heavy atom. The minimum atomic E-state index is 0.288. The first-order valence-electron chi connectivity index (χ1n) is 12.4. The molecule has 1 amide bonds. The topological polar surface area (TPSA) is 50.1 Å². The Bertz CT molecular complexity index is 1170. The van der Waals surface area contributed by atoms with Crippen LogP contribution in [0.2, 0.25) is 0 Å². The van der Waals surface area contributed by atoms with Gasteiger partial charge in [-0.3, -0.25) is 9.69 Å². The number of hydrogen-bond acceptors (Lipinski definition) is 4. The summed E-state index contributed by atoms with van der Waals surface area (Å²) in [7, 11) is 1.70. The van der Waals surface area contributed by atoms with Gasteiger partial charge in [0, 0.05) is 50.4 Å². The van der Waals surface area contributed by atoms with Crippen molar-refractivity contribution in [3.63, 3.8) is 0 Å². The summed E-state index contributed by atoms with van der Waals surface area (Å²) in [6.07, 6.45) is 8.24. The molecule has 1 saturated heterocycles. The predicted octanol–water partition coefficient (Wildman–Crippen LogP) is 4.33. The Morgan fingerprint density at radius 1 is 1.06 bits per heavy atom. The SMILES string of the molecule is COc1cccc(-c2nc3ccc(C4CC4)cn3c2CN2CCN(C(=O)C3CCC3)CC2)c1. The minimum absolute atomic E-state index is 0.288. The van der Waals surface area contributed by atoms with Gasteiger partial charge < -0.3 is 14.0 Å². The van der Waals surface area contributed by atoms with Gasteiger partial charge in [-0.2, -0.15) is 0 Å². The number of carbonyl (C=O) groups excluding carboxylic acids is 1. The number of hydrogen-bond donors (Lipinski definition) is 0. The summed E-state index contributed by atoms with van der Waals surface area (Å²) in [5.41, 5.74) is 5.73. The molecule has 1 aromatic carbocycles. The summed E-state index contributed by atoms with van der Waals surface area (Å²) in [4.78, 5) is 22.3. The number of piperazine rings is 1. The highest BCUT2D eigenvalue weighted by Crippen LogP contribution is 2.40. The minimum Gasteiger partial charge on any atom is -0.497 e. The molecule has 3 aliphatic rings. The second kappa shape index (κ2) is 8.49. The molecule has 3 aromatic rings. The average molecular weight is 445 g/mol. The van der Waals surface area contributed by atoms with E-state index < -0.39 is 0 Å². The summed E-state index contributed by atoms with van der Waals surface area (Å²) in [5.74, 6) is 2.21. The van der Waals surface area contributed by atoms with E-state index in [0.717, 1.165) is 68.2 Å². The van der Waals surface area contributed by atoms with Gasteiger partial charge >= 0.3 is 0 Å². The maximum atomic E-state index is 12.7. The van der Waals surface area contributed by atoms with Crippen molar-refractivity contribution in [3.05, 3.63) is 53.9 Å². The van der Waals surface area contributed by atoms with Crippen LogP contribution in [-0.2, 0) is 11.3 Å². The molecule has 1 aliphatic heterocycles. The fourth-order valence-electron chi connectivity index (χ4n) is 5.17. The third-order valence-corrected chi connectivity index (χ3v) is 7.64. The van der Waals surface area contributed by atoms with Crippen LogP contribution < -0.4 is 4.74 Å². The maximum absolute atomic E-state index is 12.7. The van der Waals surface area contributed by atoms with Crippen LogP contribution in [-0.4, -0.2) is 58.4 Å². The predicted molar refractivity (Wildman–Crippen MR) is 128 cm³/mol. The summed E-state index contributed by atoms with van der Waals surface area (Å²) in [6, 6.07) is 12.6. The van der Waals surface area contributed by atoms with E-state index in [0.29, 0.717) is 11.8 Å². The van der Waals surface area contributed by atoms with E-state index in [1.807, 2.05) is 12.1 Å². The fourth-order valence-corrected chi connectivity index (χ4v) is 5.17. The lowest BCUT2D eigenvalue weighted by atomic mass is 9.84. The lowest BCUT2D eigenvalue weighted by molar-refractivity contribution is -0.140. The first kappa shape index (κ1) is 20.7. The highest BCUT2D eigenvalue weighted by atomic mass is 16.5. The van der Waals surface area contributed by atoms with Gasteiger partial charge in [-0.1, -0.05) is 24.6 Å². The van der Waals surface area contributed by atoms with Gasteiger partial charge in [0.25, 0.3) is 0 Å². The summed E-state index contributed by atoms with van der Waals surface area (Å²) < 4.78 is 7.78. The molecule has 2 aliphatic carbocycles. The van der Waals surface area contributed by atoms with E-state index in [9.17, 15) is 4.79 Å². The van der Waals surface area contributed by atoms with E-state index in [1.165, 1.54) is 30.5 Å². The first-order chi connectivity index (χ1) is 16.2. The molecule has 0 N–H and O–H groups in total. The molecule has 0 atom stereocenters. The second-order valence-electron chi connectivity index (χ2n) is 9.83. The molecular formula is C27H32N4O2. The molecular weight excluding hydrogens is 412 g/mol. The zero-order chi connectivity index (χ0) is 22.4. The van der Waals surface area contributed by atoms with Crippen LogP contribution in [0.4, 0.5) is 0 Å². The lowest BCUT2D eigenvalue weighted by Gasteiger charge is -2.38. The van der Waals surface area contributed by atoms with Crippen LogP contribution in [0.5, 0.6) is 5.75 Å². The van der Waals surface area contributed by atoms with Crippen molar-refractivity contribution in [1.82, 2.24) is 19.2 Å². The maximum Gasteiger partial charge on any atom is 0.225 e. The molecule has 0 spiro atoms. The van der Waals surface area contributed by atoms with Gasteiger partial charge in [0.05, 0.1) is 18.5 Å². The molecule has 2 saturated carbocycles. The van der Waals surface area contributed by atoms with Crippen LogP contribution >= 0.6 is 0 Å². The molecule has 0 bridgehead atoms. The molecule has 0 radical (unpaired) electrons. The number of nitrogens with zero attached hydrogens (tertiary/aromatic N) is 4. The number of benzene rings is 1. The smallest absolute Gasteiger partial charge is 0.225 e. The van der Waals surface area contributed by atoms with Crippen molar-refractivity contribution in [2.24, 2.45) is 5.92 Å². The number of fused-ring (bicyclic) bond motifs is 1. The van der Waals surface area contributed by atoms with E-state index in [4.69, 9.17) is 9.72 Å². The van der Waals surface area contributed by atoms with Crippen molar-refractivity contribution in [3.8, 4) is 17.0 Å². The lowest BCUT2D eigenvalue weighted by Crippen LogP contribution is -2.50. The number of amides is 1. The van der Waals surface area contributed by atoms with Crippen molar-refractivity contribution in [1.29, 1.82) is 0 Å². The number of methoxy groups -OCH3 is 1. The number of aromatic nitrogens is 2. The molecule has 6 nitrogen and oxygen atoms in total. The monoisotopic (exact) mass is 444 g/mol. The fraction of sp³-hybridized carbons (Fsp3) is 0.481. The third-order valence-electron chi connectivity index (χ3n) is 7.64. The quantitative estimate of drug-likeness (QED) is 0.568. The number of ether oxygens (including phenoxy) is 1. The molecule has 3 fully saturated rings. The highest BCUT2D eigenvalue weighted by molar-refractivity contribution is 5.79. The molecule has 6 heteroatoms. The van der Waals surface area contributed by atoms with Crippen LogP contribution in [0.25, 0.3) is 16.9 Å². The first-order valence-corrected chi connectivity index (χ1v) is 12.4. The van der Waals surface area contributed by atoms with Crippen LogP contribution in [0.3, 0.4) is 0 Å². The molecule has 3 heterocycles. The summed E-state index contributed by atoms with van der Waals surface area (Å²) in [6.45, 7) is 4.30. The zero-order valence-electron chi connectivity index (χ0n) is 19.4. The molecule has 0 unspecified atom stereocenters. The van der Waals surface area contributed by atoms with Crippen molar-refractivity contribution in [2.75, 3.05) is 33.3 Å². The van der Waals surface area contributed by atoms with Gasteiger partial charge in [-0.25, -0.2) is 4.98 Å². The van der Waals surface area contributed by atoms with Gasteiger partial charge in [0.1, 0.15) is 11.4 Å². The normalized spacial score (nSPS) is 19.6. The number of carbonyl (C=O) groups is 1. The second-order valence-corrected chi connectivity index (χ2v) is 9.83. The number of imidazole rings is 1. The van der Waals surface area contributed by atoms with Crippen LogP contribution in [0.15, 0.2) is 42.6 Å². The zero-order valence-corrected chi connectivity index (χ0v) is 19.4. The Kier molecular flexibility index (Phi) is 5.33. The largest absolute Gasteiger partial charge is 0.497 e. The summed E-state index contributed by atoms with van der Waals surface area (Å²) in [5, 5.41) is 0. The Morgan fingerprint density at radius 2 is 1.88 bits per heavy atom. The number of rotatable bonds is 6. The van der Waals surface area contributed by atoms with Crippen LogP contribution in [0.1, 0.15) is 49.3 Å². The van der Waals surface area contributed by atoms with Gasteiger partial charge in [-0.05, 0) is 55.4 Å². The third kappa shape index (κ3) is 4.01. The molecule has 2 aromatic heterocycles. The summed E-state index contributed by atoms with van der Waals surface area (Å²) >= 11 is 0. The Hall–Kier alpha value is -2.86. The molecule has 172 valence electrons. The van der Waals surface area contributed by atoms with Gasteiger partial charge in [0.15, 0.2) is 0 Å². The number of pyridine rings is 1. The van der Waals surface area contributed by atoms with E-state index in [1.54, 1.807) is 7.11 Å². The molecule has 33 heavy (non-hydrogen) atoms. The van der Waals surface area contributed by atoms with Crippen molar-refractivity contribution < 1.29 is 9.53 Å². The van der Waals surface area contributed by atoms with Crippen molar-refractivity contribution in [2.45, 2.75) is 44.6 Å². The average Bonchev–Trinajstić information content (AvgIpc) is 3.61. The Balaban J connectivity index is 1.29. The van der Waals surface area contributed by atoms with E-state index in [2.05, 4.69) is 44.7 Å². The van der Waals surface area contributed by atoms with Crippen LogP contribution in [0, 0.1) is 5.92 Å². The van der Waals surface area contributed by atoms with Gasteiger partial charge in [0.2, 0.25) is 5.91 Å². The van der Waals surface area contributed by atoms with Crippen molar-refractivity contribution >= 4 is 11.6 Å². The van der Waals surface area contributed by atoms with Gasteiger partial charge in [-0.15, -0.1) is 0 Å². The standard InChI is InChI=1S/C27H32N4O2/c1-33-23-7-3-6-21(16-23)26-24(31-17-22(19-8-9-19)10-11-25(31)28-26)18-29-12-14-30(15-13-29)27(32)20-4-2-5-20/h3,6-7,10-11,16-17,19-20H,2,4-5,8-9,12-15,18H2,1H3.